The van der Waals surface area contributed by atoms with Crippen molar-refractivity contribution in [2.75, 3.05) is 0 Å². The van der Waals surface area contributed by atoms with Crippen molar-refractivity contribution in [1.29, 1.82) is 0 Å². The van der Waals surface area contributed by atoms with Crippen LogP contribution in [0.1, 0.15) is 95.5 Å². The lowest BCUT2D eigenvalue weighted by Gasteiger charge is -2.21. The third-order valence-electron chi connectivity index (χ3n) is 8.58. The van der Waals surface area contributed by atoms with Crippen molar-refractivity contribution in [3.8, 4) is 11.5 Å². The van der Waals surface area contributed by atoms with E-state index >= 15 is 0 Å². The molecule has 2 aliphatic carbocycles. The largest absolute Gasteiger partial charge is 0.425 e. The number of benzene rings is 3. The Bertz CT molecular complexity index is 1290. The minimum absolute atomic E-state index is 0.202. The van der Waals surface area contributed by atoms with Crippen LogP contribution in [0.2, 0.25) is 0 Å². The maximum Gasteiger partial charge on any atom is 0.311 e. The zero-order valence-corrected chi connectivity index (χ0v) is 22.5. The summed E-state index contributed by atoms with van der Waals surface area (Å²) in [5.74, 6) is 1.91. The lowest BCUT2D eigenvalue weighted by atomic mass is 9.86. The Morgan fingerprint density at radius 3 is 1.66 bits per heavy atom. The molecule has 0 atom stereocenters. The van der Waals surface area contributed by atoms with Gasteiger partial charge in [0.15, 0.2) is 0 Å². The topological polar surface area (TPSA) is 52.6 Å². The van der Waals surface area contributed by atoms with Crippen LogP contribution in [-0.4, -0.2) is 11.9 Å². The second kappa shape index (κ2) is 12.6. The number of ether oxygens (including phenoxy) is 2. The third-order valence-corrected chi connectivity index (χ3v) is 8.58. The van der Waals surface area contributed by atoms with Crippen molar-refractivity contribution < 1.29 is 19.1 Å². The number of carbonyl (C=O) groups excluding carboxylic acids is 2. The van der Waals surface area contributed by atoms with Gasteiger partial charge in [-0.15, -0.1) is 0 Å². The normalized spacial score (nSPS) is 16.9. The minimum Gasteiger partial charge on any atom is -0.425 e. The Hall–Kier alpha value is -3.14. The molecular weight excluding hydrogens is 472 g/mol. The molecule has 200 valence electrons. The van der Waals surface area contributed by atoms with Gasteiger partial charge >= 0.3 is 11.9 Å². The molecule has 3 aromatic carbocycles. The van der Waals surface area contributed by atoms with Crippen LogP contribution in [0.3, 0.4) is 0 Å². The first-order chi connectivity index (χ1) is 18.6. The average molecular weight is 513 g/mol. The molecule has 0 aliphatic heterocycles. The number of fused-ring (bicyclic) bond motifs is 2. The van der Waals surface area contributed by atoms with E-state index in [2.05, 4.69) is 6.58 Å². The fourth-order valence-corrected chi connectivity index (χ4v) is 6.39. The zero-order valence-electron chi connectivity index (χ0n) is 22.5. The quantitative estimate of drug-likeness (QED) is 0.163. The number of carbonyl (C=O) groups is 2. The molecule has 0 bridgehead atoms. The van der Waals surface area contributed by atoms with Crippen LogP contribution < -0.4 is 9.47 Å². The highest BCUT2D eigenvalue weighted by Gasteiger charge is 2.22. The SMILES string of the molecule is C=Cc1ccc2c(OC(=O)CCC3CCCCC3)c3ccccc3c(OC(=O)CCC3CCCCC3)c2c1. The van der Waals surface area contributed by atoms with E-state index in [-0.39, 0.29) is 11.9 Å². The second-order valence-corrected chi connectivity index (χ2v) is 11.2. The second-order valence-electron chi connectivity index (χ2n) is 11.2. The van der Waals surface area contributed by atoms with Gasteiger partial charge in [-0.25, -0.2) is 0 Å². The van der Waals surface area contributed by atoms with Gasteiger partial charge in [0.05, 0.1) is 0 Å². The molecule has 0 heterocycles. The van der Waals surface area contributed by atoms with Gasteiger partial charge in [-0.2, -0.15) is 0 Å². The predicted molar refractivity (Wildman–Crippen MR) is 154 cm³/mol. The molecule has 0 radical (unpaired) electrons. The van der Waals surface area contributed by atoms with E-state index in [9.17, 15) is 9.59 Å². The van der Waals surface area contributed by atoms with Crippen molar-refractivity contribution >= 4 is 39.6 Å². The molecule has 0 amide bonds. The lowest BCUT2D eigenvalue weighted by molar-refractivity contribution is -0.135. The number of esters is 2. The van der Waals surface area contributed by atoms with E-state index in [0.717, 1.165) is 39.9 Å². The maximum atomic E-state index is 13.1. The lowest BCUT2D eigenvalue weighted by Crippen LogP contribution is -2.14. The van der Waals surface area contributed by atoms with Gasteiger partial charge < -0.3 is 9.47 Å². The Kier molecular flexibility index (Phi) is 8.78. The van der Waals surface area contributed by atoms with Crippen molar-refractivity contribution in [1.82, 2.24) is 0 Å². The summed E-state index contributed by atoms with van der Waals surface area (Å²) in [6.07, 6.45) is 16.9. The van der Waals surface area contributed by atoms with Gasteiger partial charge in [0.25, 0.3) is 0 Å². The molecule has 2 saturated carbocycles. The molecule has 4 heteroatoms. The first kappa shape index (κ1) is 26.5. The summed E-state index contributed by atoms with van der Waals surface area (Å²) in [6.45, 7) is 3.92. The molecule has 0 aromatic heterocycles. The first-order valence-corrected chi connectivity index (χ1v) is 14.6. The molecule has 38 heavy (non-hydrogen) atoms. The third kappa shape index (κ3) is 6.28. The number of hydrogen-bond donors (Lipinski definition) is 0. The molecule has 5 rings (SSSR count). The standard InChI is InChI=1S/C34H40O4/c1-2-24-17-20-29-30(23-24)34(38-32(36)22-19-26-13-7-4-8-14-26)28-16-10-9-15-27(28)33(29)37-31(35)21-18-25-11-5-3-6-12-25/h2,9-10,15-17,20,23,25-26H,1,3-8,11-14,18-19,21-22H2. The van der Waals surface area contributed by atoms with Crippen LogP contribution in [-0.2, 0) is 9.59 Å². The van der Waals surface area contributed by atoms with Gasteiger partial charge in [0, 0.05) is 34.4 Å². The summed E-state index contributed by atoms with van der Waals surface area (Å²) in [6, 6.07) is 13.6. The molecule has 4 nitrogen and oxygen atoms in total. The molecule has 0 saturated heterocycles. The van der Waals surface area contributed by atoms with Crippen LogP contribution in [0.5, 0.6) is 11.5 Å². The first-order valence-electron chi connectivity index (χ1n) is 14.6. The summed E-state index contributed by atoms with van der Waals surface area (Å²) in [5.41, 5.74) is 0.918. The van der Waals surface area contributed by atoms with Crippen LogP contribution in [0.25, 0.3) is 27.6 Å². The predicted octanol–water partition coefficient (Wildman–Crippen LogP) is 9.17. The minimum atomic E-state index is -0.205. The Morgan fingerprint density at radius 2 is 1.16 bits per heavy atom. The fourth-order valence-electron chi connectivity index (χ4n) is 6.39. The zero-order chi connectivity index (χ0) is 26.3. The molecule has 3 aromatic rings. The van der Waals surface area contributed by atoms with Gasteiger partial charge in [-0.1, -0.05) is 107 Å². The van der Waals surface area contributed by atoms with E-state index in [4.69, 9.17) is 9.47 Å². The van der Waals surface area contributed by atoms with Crippen molar-refractivity contribution in [2.24, 2.45) is 11.8 Å². The molecule has 2 fully saturated rings. The summed E-state index contributed by atoms with van der Waals surface area (Å²) < 4.78 is 12.2. The number of hydrogen-bond acceptors (Lipinski definition) is 4. The number of rotatable bonds is 9. The van der Waals surface area contributed by atoms with Crippen LogP contribution in [0.15, 0.2) is 49.0 Å². The Balaban J connectivity index is 1.43. The molecule has 0 spiro atoms. The maximum absolute atomic E-state index is 13.1. The van der Waals surface area contributed by atoms with Crippen LogP contribution in [0, 0.1) is 11.8 Å². The van der Waals surface area contributed by atoms with Gasteiger partial charge in [0.1, 0.15) is 11.5 Å². The molecule has 2 aliphatic rings. The van der Waals surface area contributed by atoms with Gasteiger partial charge in [-0.3, -0.25) is 9.59 Å². The molecule has 0 N–H and O–H groups in total. The van der Waals surface area contributed by atoms with Gasteiger partial charge in [-0.05, 0) is 42.4 Å². The van der Waals surface area contributed by atoms with E-state index in [1.807, 2.05) is 42.5 Å². The Morgan fingerprint density at radius 1 is 0.684 bits per heavy atom. The highest BCUT2D eigenvalue weighted by Crippen LogP contribution is 2.44. The Labute approximate surface area is 226 Å². The molecule has 0 unspecified atom stereocenters. The smallest absolute Gasteiger partial charge is 0.311 e. The highest BCUT2D eigenvalue weighted by atomic mass is 16.5. The van der Waals surface area contributed by atoms with Gasteiger partial charge in [0.2, 0.25) is 0 Å². The van der Waals surface area contributed by atoms with E-state index in [1.165, 1.54) is 64.2 Å². The summed E-state index contributed by atoms with van der Waals surface area (Å²) in [7, 11) is 0. The fraction of sp³-hybridized carbons (Fsp3) is 0.471. The summed E-state index contributed by atoms with van der Waals surface area (Å²) in [5, 5.41) is 3.10. The molecular formula is C34H40O4. The van der Waals surface area contributed by atoms with Crippen molar-refractivity contribution in [3.05, 3.63) is 54.6 Å². The van der Waals surface area contributed by atoms with Crippen LogP contribution >= 0.6 is 0 Å². The van der Waals surface area contributed by atoms with Crippen molar-refractivity contribution in [2.45, 2.75) is 89.9 Å². The average Bonchev–Trinajstić information content (AvgIpc) is 2.97. The summed E-state index contributed by atoms with van der Waals surface area (Å²) in [4.78, 5) is 26.1. The van der Waals surface area contributed by atoms with E-state index < -0.39 is 0 Å². The van der Waals surface area contributed by atoms with E-state index in [1.54, 1.807) is 6.08 Å². The van der Waals surface area contributed by atoms with Crippen LogP contribution in [0.4, 0.5) is 0 Å². The van der Waals surface area contributed by atoms with E-state index in [0.29, 0.717) is 36.2 Å². The monoisotopic (exact) mass is 512 g/mol. The van der Waals surface area contributed by atoms with Crippen molar-refractivity contribution in [3.63, 3.8) is 0 Å². The summed E-state index contributed by atoms with van der Waals surface area (Å²) >= 11 is 0. The highest BCUT2D eigenvalue weighted by molar-refractivity contribution is 6.13.